The maximum Gasteiger partial charge on any atom is 0.308 e. The second-order valence-corrected chi connectivity index (χ2v) is 8.61. The van der Waals surface area contributed by atoms with Crippen molar-refractivity contribution in [2.24, 2.45) is 23.7 Å². The number of hydrogen-bond donors (Lipinski definition) is 1. The van der Waals surface area contributed by atoms with E-state index in [2.05, 4.69) is 24.3 Å². The molecule has 1 amide bonds. The van der Waals surface area contributed by atoms with Gasteiger partial charge in [-0.2, -0.15) is 0 Å². The molecule has 3 fully saturated rings. The van der Waals surface area contributed by atoms with Crippen LogP contribution in [0.3, 0.4) is 0 Å². The Labute approximate surface area is 148 Å². The van der Waals surface area contributed by atoms with Crippen LogP contribution in [-0.2, 0) is 21.4 Å². The van der Waals surface area contributed by atoms with Gasteiger partial charge >= 0.3 is 5.97 Å². The maximum absolute atomic E-state index is 13.2. The summed E-state index contributed by atoms with van der Waals surface area (Å²) in [6, 6.07) is 8.59. The van der Waals surface area contributed by atoms with Crippen molar-refractivity contribution in [3.63, 3.8) is 0 Å². The van der Waals surface area contributed by atoms with E-state index in [9.17, 15) is 14.7 Å². The molecule has 25 heavy (non-hydrogen) atoms. The molecule has 132 valence electrons. The van der Waals surface area contributed by atoms with Crippen molar-refractivity contribution in [1.29, 1.82) is 0 Å². The second-order valence-electron chi connectivity index (χ2n) is 8.61. The molecule has 2 saturated carbocycles. The molecule has 4 atom stereocenters. The average molecular weight is 339 g/mol. The molecule has 1 saturated heterocycles. The lowest BCUT2D eigenvalue weighted by molar-refractivity contribution is -0.142. The standard InChI is InChI=1S/C21H25NO3/c23-19(22-11-15(13-7-8-13)16(12-22)20(24)25)18-10-21(18)9-3-5-14-4-1-2-6-17(14)21/h1-2,4,6,13,15-16,18H,3,5,7-12H2,(H,24,25)/t15-,16+,18?,21?/m1/s1. The Morgan fingerprint density at radius 2 is 1.96 bits per heavy atom. The minimum Gasteiger partial charge on any atom is -0.481 e. The number of carboxylic acids is 1. The Bertz CT molecular complexity index is 740. The molecule has 0 radical (unpaired) electrons. The third-order valence-electron chi connectivity index (χ3n) is 7.22. The largest absolute Gasteiger partial charge is 0.481 e. The fourth-order valence-corrected chi connectivity index (χ4v) is 5.65. The summed E-state index contributed by atoms with van der Waals surface area (Å²) in [5.41, 5.74) is 2.83. The molecule has 0 bridgehead atoms. The van der Waals surface area contributed by atoms with Gasteiger partial charge in [-0.25, -0.2) is 0 Å². The molecule has 3 aliphatic carbocycles. The predicted molar refractivity (Wildman–Crippen MR) is 93.1 cm³/mol. The van der Waals surface area contributed by atoms with Crippen LogP contribution in [0.4, 0.5) is 0 Å². The van der Waals surface area contributed by atoms with E-state index in [1.165, 1.54) is 11.1 Å². The number of carboxylic acid groups (broad SMARTS) is 1. The Morgan fingerprint density at radius 3 is 2.72 bits per heavy atom. The summed E-state index contributed by atoms with van der Waals surface area (Å²) >= 11 is 0. The van der Waals surface area contributed by atoms with E-state index in [1.807, 2.05) is 4.90 Å². The SMILES string of the molecule is O=C(O)[C@H]1CN(C(=O)C2CC23CCCc2ccccc23)C[C@@H]1C1CC1. The smallest absolute Gasteiger partial charge is 0.308 e. The number of likely N-dealkylation sites (tertiary alicyclic amines) is 1. The Hall–Kier alpha value is -1.84. The van der Waals surface area contributed by atoms with Gasteiger partial charge < -0.3 is 10.0 Å². The number of hydrogen-bond acceptors (Lipinski definition) is 2. The van der Waals surface area contributed by atoms with Crippen LogP contribution in [0.15, 0.2) is 24.3 Å². The number of amides is 1. The lowest BCUT2D eigenvalue weighted by Crippen LogP contribution is -2.34. The molecule has 1 aliphatic heterocycles. The van der Waals surface area contributed by atoms with Gasteiger partial charge in [0.15, 0.2) is 0 Å². The Balaban J connectivity index is 1.36. The lowest BCUT2D eigenvalue weighted by Gasteiger charge is -2.27. The first-order valence-corrected chi connectivity index (χ1v) is 9.70. The van der Waals surface area contributed by atoms with Crippen LogP contribution in [0.1, 0.15) is 43.2 Å². The maximum atomic E-state index is 13.2. The number of nitrogens with zero attached hydrogens (tertiary/aromatic N) is 1. The minimum absolute atomic E-state index is 0.0440. The van der Waals surface area contributed by atoms with E-state index in [4.69, 9.17) is 0 Å². The zero-order valence-electron chi connectivity index (χ0n) is 14.5. The van der Waals surface area contributed by atoms with Crippen molar-refractivity contribution >= 4 is 11.9 Å². The van der Waals surface area contributed by atoms with E-state index in [0.29, 0.717) is 19.0 Å². The van der Waals surface area contributed by atoms with Crippen LogP contribution in [0.25, 0.3) is 0 Å². The van der Waals surface area contributed by atoms with Crippen molar-refractivity contribution in [1.82, 2.24) is 4.90 Å². The minimum atomic E-state index is -0.722. The number of aliphatic carboxylic acids is 1. The molecule has 4 nitrogen and oxygen atoms in total. The zero-order chi connectivity index (χ0) is 17.2. The summed E-state index contributed by atoms with van der Waals surface area (Å²) in [6.45, 7) is 1.08. The van der Waals surface area contributed by atoms with Crippen molar-refractivity contribution in [3.8, 4) is 0 Å². The van der Waals surface area contributed by atoms with Crippen LogP contribution in [0.5, 0.6) is 0 Å². The highest BCUT2D eigenvalue weighted by molar-refractivity contribution is 5.86. The van der Waals surface area contributed by atoms with Gasteiger partial charge in [0.1, 0.15) is 0 Å². The molecule has 2 unspecified atom stereocenters. The van der Waals surface area contributed by atoms with E-state index >= 15 is 0 Å². The molecule has 1 aromatic carbocycles. The van der Waals surface area contributed by atoms with Crippen LogP contribution < -0.4 is 0 Å². The van der Waals surface area contributed by atoms with Gasteiger partial charge in [0.2, 0.25) is 5.91 Å². The van der Waals surface area contributed by atoms with Gasteiger partial charge in [-0.05, 0) is 61.5 Å². The number of rotatable bonds is 3. The molecule has 1 heterocycles. The topological polar surface area (TPSA) is 57.6 Å². The highest BCUT2D eigenvalue weighted by Gasteiger charge is 2.62. The summed E-state index contributed by atoms with van der Waals surface area (Å²) in [6.07, 6.45) is 6.60. The van der Waals surface area contributed by atoms with Crippen LogP contribution in [-0.4, -0.2) is 35.0 Å². The van der Waals surface area contributed by atoms with Gasteiger partial charge in [0.25, 0.3) is 0 Å². The monoisotopic (exact) mass is 339 g/mol. The van der Waals surface area contributed by atoms with Gasteiger partial charge in [-0.3, -0.25) is 9.59 Å². The summed E-state index contributed by atoms with van der Waals surface area (Å²) in [5.74, 6) is -0.0878. The van der Waals surface area contributed by atoms with E-state index in [-0.39, 0.29) is 29.1 Å². The zero-order valence-corrected chi connectivity index (χ0v) is 14.5. The molecular formula is C21H25NO3. The van der Waals surface area contributed by atoms with E-state index in [1.54, 1.807) is 0 Å². The second kappa shape index (κ2) is 5.33. The summed E-state index contributed by atoms with van der Waals surface area (Å²) in [5, 5.41) is 9.55. The molecule has 1 spiro atoms. The van der Waals surface area contributed by atoms with E-state index in [0.717, 1.165) is 38.5 Å². The number of benzene rings is 1. The number of carbonyl (C=O) groups excluding carboxylic acids is 1. The third-order valence-corrected chi connectivity index (χ3v) is 7.22. The lowest BCUT2D eigenvalue weighted by atomic mass is 9.78. The number of aryl methyl sites for hydroxylation is 1. The Kier molecular flexibility index (Phi) is 3.28. The summed E-state index contributed by atoms with van der Waals surface area (Å²) < 4.78 is 0. The summed E-state index contributed by atoms with van der Waals surface area (Å²) in [4.78, 5) is 26.7. The highest BCUT2D eigenvalue weighted by atomic mass is 16.4. The quantitative estimate of drug-likeness (QED) is 0.921. The predicted octanol–water partition coefficient (Wildman–Crippen LogP) is 2.85. The molecule has 0 aromatic heterocycles. The van der Waals surface area contributed by atoms with Crippen LogP contribution >= 0.6 is 0 Å². The average Bonchev–Trinajstić information content (AvgIpc) is 3.53. The van der Waals surface area contributed by atoms with Crippen molar-refractivity contribution in [3.05, 3.63) is 35.4 Å². The fraction of sp³-hybridized carbons (Fsp3) is 0.619. The van der Waals surface area contributed by atoms with E-state index < -0.39 is 5.97 Å². The number of fused-ring (bicyclic) bond motifs is 2. The first-order valence-electron chi connectivity index (χ1n) is 9.70. The normalized spacial score (nSPS) is 36.3. The highest BCUT2D eigenvalue weighted by Crippen LogP contribution is 2.61. The molecule has 1 aromatic rings. The van der Waals surface area contributed by atoms with Crippen molar-refractivity contribution in [2.75, 3.05) is 13.1 Å². The summed E-state index contributed by atoms with van der Waals surface area (Å²) in [7, 11) is 0. The molecular weight excluding hydrogens is 314 g/mol. The van der Waals surface area contributed by atoms with Crippen LogP contribution in [0.2, 0.25) is 0 Å². The first kappa shape index (κ1) is 15.4. The molecule has 5 rings (SSSR count). The third kappa shape index (κ3) is 2.33. The first-order chi connectivity index (χ1) is 12.1. The Morgan fingerprint density at radius 1 is 1.16 bits per heavy atom. The molecule has 4 aliphatic rings. The molecule has 1 N–H and O–H groups in total. The van der Waals surface area contributed by atoms with Crippen molar-refractivity contribution in [2.45, 2.75) is 43.9 Å². The van der Waals surface area contributed by atoms with Gasteiger partial charge in [0, 0.05) is 24.4 Å². The fourth-order valence-electron chi connectivity index (χ4n) is 5.65. The van der Waals surface area contributed by atoms with Crippen molar-refractivity contribution < 1.29 is 14.7 Å². The van der Waals surface area contributed by atoms with Gasteiger partial charge in [-0.1, -0.05) is 24.3 Å². The van der Waals surface area contributed by atoms with Gasteiger partial charge in [-0.15, -0.1) is 0 Å². The van der Waals surface area contributed by atoms with Gasteiger partial charge in [0.05, 0.1) is 5.92 Å². The van der Waals surface area contributed by atoms with Crippen LogP contribution in [0, 0.1) is 23.7 Å². The molecule has 4 heteroatoms. The number of carbonyl (C=O) groups is 2.